The minimum Gasteiger partial charge on any atom is -0.480 e. The Morgan fingerprint density at radius 3 is 2.41 bits per heavy atom. The highest BCUT2D eigenvalue weighted by molar-refractivity contribution is 5.82. The average molecular weight is 239 g/mol. The van der Waals surface area contributed by atoms with E-state index in [-0.39, 0.29) is 11.8 Å². The van der Waals surface area contributed by atoms with Crippen LogP contribution >= 0.6 is 0 Å². The van der Waals surface area contributed by atoms with Gasteiger partial charge in [-0.15, -0.1) is 0 Å². The van der Waals surface area contributed by atoms with E-state index < -0.39 is 23.7 Å². The molecule has 17 heavy (non-hydrogen) atoms. The van der Waals surface area contributed by atoms with Crippen molar-refractivity contribution in [1.29, 1.82) is 0 Å². The molecule has 0 unspecified atom stereocenters. The molecule has 0 aromatic carbocycles. The summed E-state index contributed by atoms with van der Waals surface area (Å²) in [5.41, 5.74) is -0.602. The molecule has 1 amide bonds. The summed E-state index contributed by atoms with van der Waals surface area (Å²) in [4.78, 5) is 24.4. The number of carbonyl (C=O) groups is 2. The van der Waals surface area contributed by atoms with Gasteiger partial charge in [0.25, 0.3) is 0 Å². The molecule has 0 radical (unpaired) electrons. The summed E-state index contributed by atoms with van der Waals surface area (Å²) in [6, 6.07) is -0.778. The molecule has 1 fully saturated rings. The van der Waals surface area contributed by atoms with E-state index in [0.29, 0.717) is 6.54 Å². The first kappa shape index (κ1) is 12.0. The van der Waals surface area contributed by atoms with E-state index in [1.54, 1.807) is 20.8 Å². The summed E-state index contributed by atoms with van der Waals surface area (Å²) < 4.78 is 5.22. The fourth-order valence-electron chi connectivity index (χ4n) is 2.27. The Bertz CT molecular complexity index is 382. The zero-order valence-electron chi connectivity index (χ0n) is 10.2. The summed E-state index contributed by atoms with van der Waals surface area (Å²) in [5.74, 6) is -0.851. The van der Waals surface area contributed by atoms with Crippen LogP contribution in [0.1, 0.15) is 20.8 Å². The van der Waals surface area contributed by atoms with Gasteiger partial charge in [0.15, 0.2) is 0 Å². The molecular formula is C12H17NO4. The number of carbonyl (C=O) groups excluding carboxylic acids is 1. The van der Waals surface area contributed by atoms with Gasteiger partial charge in [-0.2, -0.15) is 0 Å². The van der Waals surface area contributed by atoms with E-state index in [1.165, 1.54) is 4.90 Å². The molecule has 0 aromatic heterocycles. The van der Waals surface area contributed by atoms with Gasteiger partial charge < -0.3 is 9.84 Å². The number of ether oxygens (including phenoxy) is 1. The number of hydrogen-bond donors (Lipinski definition) is 1. The quantitative estimate of drug-likeness (QED) is 0.704. The van der Waals surface area contributed by atoms with Crippen molar-refractivity contribution >= 4 is 12.1 Å². The average Bonchev–Trinajstić information content (AvgIpc) is 2.35. The fourth-order valence-corrected chi connectivity index (χ4v) is 2.27. The molecule has 94 valence electrons. The lowest BCUT2D eigenvalue weighted by Crippen LogP contribution is -2.45. The number of aliphatic carboxylic acids is 1. The van der Waals surface area contributed by atoms with Crippen molar-refractivity contribution in [1.82, 2.24) is 4.90 Å². The van der Waals surface area contributed by atoms with E-state index >= 15 is 0 Å². The molecule has 1 aliphatic carbocycles. The zero-order chi connectivity index (χ0) is 12.8. The molecule has 0 bridgehead atoms. The predicted octanol–water partition coefficient (Wildman–Crippen LogP) is 1.49. The van der Waals surface area contributed by atoms with Crippen LogP contribution in [0.25, 0.3) is 0 Å². The van der Waals surface area contributed by atoms with Gasteiger partial charge in [-0.25, -0.2) is 9.59 Å². The third-order valence-electron chi connectivity index (χ3n) is 3.06. The maximum Gasteiger partial charge on any atom is 0.411 e. The first-order valence-electron chi connectivity index (χ1n) is 5.70. The second kappa shape index (κ2) is 3.75. The van der Waals surface area contributed by atoms with Crippen LogP contribution in [0.15, 0.2) is 12.2 Å². The number of carboxylic acids is 1. The monoisotopic (exact) mass is 239 g/mol. The van der Waals surface area contributed by atoms with Crippen LogP contribution in [0, 0.1) is 11.8 Å². The summed E-state index contributed by atoms with van der Waals surface area (Å²) in [6.45, 7) is 5.74. The zero-order valence-corrected chi connectivity index (χ0v) is 10.2. The molecule has 5 nitrogen and oxygen atoms in total. The molecule has 5 heteroatoms. The Morgan fingerprint density at radius 2 is 2.00 bits per heavy atom. The third kappa shape index (κ3) is 2.14. The van der Waals surface area contributed by atoms with E-state index in [2.05, 4.69) is 0 Å². The molecule has 1 saturated heterocycles. The number of fused-ring (bicyclic) bond motifs is 1. The van der Waals surface area contributed by atoms with E-state index in [1.807, 2.05) is 12.2 Å². The molecule has 1 aliphatic heterocycles. The smallest absolute Gasteiger partial charge is 0.411 e. The molecular weight excluding hydrogens is 222 g/mol. The Labute approximate surface area is 100 Å². The highest BCUT2D eigenvalue weighted by Gasteiger charge is 2.50. The van der Waals surface area contributed by atoms with Gasteiger partial charge in [-0.3, -0.25) is 4.90 Å². The first-order chi connectivity index (χ1) is 7.79. The van der Waals surface area contributed by atoms with Gasteiger partial charge in [0.2, 0.25) is 0 Å². The van der Waals surface area contributed by atoms with Crippen molar-refractivity contribution in [2.45, 2.75) is 32.4 Å². The van der Waals surface area contributed by atoms with Gasteiger partial charge >= 0.3 is 12.1 Å². The van der Waals surface area contributed by atoms with Crippen LogP contribution in [-0.2, 0) is 9.53 Å². The van der Waals surface area contributed by atoms with E-state index in [4.69, 9.17) is 9.84 Å². The van der Waals surface area contributed by atoms with Crippen molar-refractivity contribution in [2.75, 3.05) is 6.54 Å². The first-order valence-corrected chi connectivity index (χ1v) is 5.70. The van der Waals surface area contributed by atoms with Gasteiger partial charge in [-0.1, -0.05) is 12.2 Å². The van der Waals surface area contributed by atoms with Crippen molar-refractivity contribution < 1.29 is 19.4 Å². The van der Waals surface area contributed by atoms with Crippen LogP contribution in [0.4, 0.5) is 4.79 Å². The van der Waals surface area contributed by atoms with Crippen molar-refractivity contribution in [3.63, 3.8) is 0 Å². The topological polar surface area (TPSA) is 66.8 Å². The molecule has 1 heterocycles. The minimum atomic E-state index is -0.965. The number of carboxylic acid groups (broad SMARTS) is 1. The third-order valence-corrected chi connectivity index (χ3v) is 3.06. The molecule has 2 rings (SSSR count). The number of rotatable bonds is 1. The summed E-state index contributed by atoms with van der Waals surface area (Å²) in [7, 11) is 0. The Morgan fingerprint density at radius 1 is 1.35 bits per heavy atom. The number of likely N-dealkylation sites (tertiary alicyclic amines) is 1. The van der Waals surface area contributed by atoms with Crippen LogP contribution < -0.4 is 0 Å². The predicted molar refractivity (Wildman–Crippen MR) is 60.5 cm³/mol. The van der Waals surface area contributed by atoms with Crippen LogP contribution in [0.2, 0.25) is 0 Å². The Hall–Kier alpha value is -1.52. The van der Waals surface area contributed by atoms with Gasteiger partial charge in [0, 0.05) is 18.4 Å². The number of hydrogen-bond acceptors (Lipinski definition) is 3. The fraction of sp³-hybridized carbons (Fsp3) is 0.667. The van der Waals surface area contributed by atoms with Crippen molar-refractivity contribution in [3.8, 4) is 0 Å². The molecule has 0 saturated carbocycles. The molecule has 0 aromatic rings. The van der Waals surface area contributed by atoms with Crippen molar-refractivity contribution in [3.05, 3.63) is 12.2 Å². The van der Waals surface area contributed by atoms with Crippen LogP contribution in [0.3, 0.4) is 0 Å². The number of amides is 1. The van der Waals surface area contributed by atoms with Crippen LogP contribution in [-0.4, -0.2) is 40.3 Å². The lowest BCUT2D eigenvalue weighted by molar-refractivity contribution is -0.143. The largest absolute Gasteiger partial charge is 0.480 e. The maximum atomic E-state index is 11.9. The molecule has 3 atom stereocenters. The normalized spacial score (nSPS) is 30.8. The van der Waals surface area contributed by atoms with E-state index in [9.17, 15) is 9.59 Å². The minimum absolute atomic E-state index is 0.0555. The number of nitrogens with zero attached hydrogens (tertiary/aromatic N) is 1. The second-order valence-corrected chi connectivity index (χ2v) is 5.54. The second-order valence-electron chi connectivity index (χ2n) is 5.54. The SMILES string of the molecule is CC(C)(C)OC(=O)N1C[C@@H]2C=C[C@@H]2[C@H]1C(=O)O. The Kier molecular flexibility index (Phi) is 2.64. The van der Waals surface area contributed by atoms with Crippen molar-refractivity contribution in [2.24, 2.45) is 11.8 Å². The highest BCUT2D eigenvalue weighted by Crippen LogP contribution is 2.39. The van der Waals surface area contributed by atoms with Gasteiger partial charge in [-0.05, 0) is 20.8 Å². The lowest BCUT2D eigenvalue weighted by atomic mass is 9.81. The highest BCUT2D eigenvalue weighted by atomic mass is 16.6. The Balaban J connectivity index is 2.11. The molecule has 0 spiro atoms. The van der Waals surface area contributed by atoms with E-state index in [0.717, 1.165) is 0 Å². The van der Waals surface area contributed by atoms with Gasteiger partial charge in [0.1, 0.15) is 11.6 Å². The lowest BCUT2D eigenvalue weighted by Gasteiger charge is -2.28. The standard InChI is InChI=1S/C12H17NO4/c1-12(2,3)17-11(16)13-6-7-4-5-8(7)9(13)10(14)15/h4-5,7-9H,6H2,1-3H3,(H,14,15)/t7-,8-,9-/m0/s1. The summed E-state index contributed by atoms with van der Waals surface area (Å²) in [5, 5.41) is 9.17. The summed E-state index contributed by atoms with van der Waals surface area (Å²) >= 11 is 0. The summed E-state index contributed by atoms with van der Waals surface area (Å²) in [6.07, 6.45) is 3.26. The molecule has 1 N–H and O–H groups in total. The van der Waals surface area contributed by atoms with Crippen LogP contribution in [0.5, 0.6) is 0 Å². The van der Waals surface area contributed by atoms with Gasteiger partial charge in [0.05, 0.1) is 0 Å². The maximum absolute atomic E-state index is 11.9. The molecule has 2 aliphatic rings.